The third kappa shape index (κ3) is 6.06. The maximum atomic E-state index is 12.4. The van der Waals surface area contributed by atoms with E-state index in [-0.39, 0.29) is 9.79 Å². The molecule has 1 amide bonds. The fraction of sp³-hybridized carbons (Fsp3) is 0.0952. The van der Waals surface area contributed by atoms with Crippen LogP contribution in [0, 0.1) is 0 Å². The minimum atomic E-state index is -3.88. The topological polar surface area (TPSA) is 131 Å². The highest BCUT2D eigenvalue weighted by atomic mass is 32.2. The number of hydrogen-bond donors (Lipinski definition) is 3. The molecule has 11 heteroatoms. The monoisotopic (exact) mass is 475 g/mol. The van der Waals surface area contributed by atoms with Crippen LogP contribution in [-0.4, -0.2) is 36.4 Å². The summed E-state index contributed by atoms with van der Waals surface area (Å²) in [6, 6.07) is 19.6. The molecule has 168 valence electrons. The number of amides is 1. The fourth-order valence-corrected chi connectivity index (χ4v) is 4.68. The smallest absolute Gasteiger partial charge is 0.261 e. The first-order valence-electron chi connectivity index (χ1n) is 9.31. The molecule has 0 unspecified atom stereocenters. The van der Waals surface area contributed by atoms with Crippen LogP contribution in [0.25, 0.3) is 0 Å². The molecule has 0 radical (unpaired) electrons. The fourth-order valence-electron chi connectivity index (χ4n) is 2.64. The summed E-state index contributed by atoms with van der Waals surface area (Å²) in [5.41, 5.74) is 0.742. The van der Waals surface area contributed by atoms with Crippen molar-refractivity contribution in [2.45, 2.75) is 9.79 Å². The molecule has 0 aliphatic carbocycles. The van der Waals surface area contributed by atoms with Crippen molar-refractivity contribution in [1.82, 2.24) is 4.72 Å². The number of benzene rings is 3. The van der Waals surface area contributed by atoms with Gasteiger partial charge in [-0.3, -0.25) is 9.52 Å². The van der Waals surface area contributed by atoms with Crippen molar-refractivity contribution in [3.63, 3.8) is 0 Å². The molecular weight excluding hydrogens is 454 g/mol. The molecular formula is C21H21N3O6S2. The maximum Gasteiger partial charge on any atom is 0.261 e. The first-order chi connectivity index (χ1) is 15.2. The zero-order chi connectivity index (χ0) is 23.2. The molecule has 0 aromatic heterocycles. The van der Waals surface area contributed by atoms with Crippen LogP contribution < -0.4 is 19.5 Å². The molecule has 0 heterocycles. The van der Waals surface area contributed by atoms with Gasteiger partial charge < -0.3 is 10.1 Å². The third-order valence-electron chi connectivity index (χ3n) is 4.27. The number of sulfonamides is 2. The second-order valence-corrected chi connectivity index (χ2v) is 9.99. The van der Waals surface area contributed by atoms with Crippen LogP contribution in [-0.2, 0) is 24.8 Å². The average Bonchev–Trinajstić information content (AvgIpc) is 2.78. The van der Waals surface area contributed by atoms with Crippen LogP contribution in [0.1, 0.15) is 0 Å². The molecule has 3 N–H and O–H groups in total. The lowest BCUT2D eigenvalue weighted by Gasteiger charge is -2.10. The number of carbonyl (C=O) groups excluding carboxylic acids is 1. The van der Waals surface area contributed by atoms with Crippen molar-refractivity contribution in [2.24, 2.45) is 0 Å². The number of hydrogen-bond acceptors (Lipinski definition) is 6. The largest absolute Gasteiger partial charge is 0.497 e. The summed E-state index contributed by atoms with van der Waals surface area (Å²) in [4.78, 5) is 12.1. The minimum absolute atomic E-state index is 0.00780. The Morgan fingerprint density at radius 3 is 1.91 bits per heavy atom. The van der Waals surface area contributed by atoms with Crippen LogP contribution in [0.5, 0.6) is 5.75 Å². The van der Waals surface area contributed by atoms with E-state index in [1.165, 1.54) is 55.6 Å². The zero-order valence-electron chi connectivity index (χ0n) is 17.0. The quantitative estimate of drug-likeness (QED) is 0.436. The van der Waals surface area contributed by atoms with E-state index in [1.807, 2.05) is 0 Å². The molecule has 32 heavy (non-hydrogen) atoms. The van der Waals surface area contributed by atoms with Gasteiger partial charge in [-0.15, -0.1) is 0 Å². The van der Waals surface area contributed by atoms with E-state index >= 15 is 0 Å². The van der Waals surface area contributed by atoms with Crippen molar-refractivity contribution in [2.75, 3.05) is 23.7 Å². The Morgan fingerprint density at radius 1 is 0.750 bits per heavy atom. The number of carbonyl (C=O) groups is 1. The van der Waals surface area contributed by atoms with Crippen LogP contribution >= 0.6 is 0 Å². The molecule has 0 atom stereocenters. The predicted octanol–water partition coefficient (Wildman–Crippen LogP) is 2.41. The van der Waals surface area contributed by atoms with Crippen LogP contribution in [0.2, 0.25) is 0 Å². The van der Waals surface area contributed by atoms with Crippen molar-refractivity contribution in [3.8, 4) is 5.75 Å². The van der Waals surface area contributed by atoms with Crippen molar-refractivity contribution < 1.29 is 26.4 Å². The van der Waals surface area contributed by atoms with Gasteiger partial charge in [0.2, 0.25) is 15.9 Å². The Labute approximate surface area is 186 Å². The van der Waals surface area contributed by atoms with Gasteiger partial charge in [-0.2, -0.15) is 0 Å². The molecule has 3 aromatic rings. The molecule has 0 aliphatic rings. The Kier molecular flexibility index (Phi) is 7.13. The summed E-state index contributed by atoms with van der Waals surface area (Å²) < 4.78 is 59.1. The first kappa shape index (κ1) is 23.3. The average molecular weight is 476 g/mol. The van der Waals surface area contributed by atoms with E-state index in [9.17, 15) is 21.6 Å². The summed E-state index contributed by atoms with van der Waals surface area (Å²) in [5.74, 6) is -0.105. The van der Waals surface area contributed by atoms with Gasteiger partial charge in [-0.1, -0.05) is 18.2 Å². The summed E-state index contributed by atoms with van der Waals surface area (Å²) in [6.07, 6.45) is 0. The molecule has 3 rings (SSSR count). The number of anilines is 2. The van der Waals surface area contributed by atoms with Gasteiger partial charge in [0, 0.05) is 11.4 Å². The highest BCUT2D eigenvalue weighted by Gasteiger charge is 2.17. The van der Waals surface area contributed by atoms with Gasteiger partial charge in [-0.25, -0.2) is 21.6 Å². The molecule has 0 bridgehead atoms. The lowest BCUT2D eigenvalue weighted by molar-refractivity contribution is -0.115. The summed E-state index contributed by atoms with van der Waals surface area (Å²) in [5, 5.41) is 2.51. The van der Waals surface area contributed by atoms with Crippen molar-refractivity contribution in [1.29, 1.82) is 0 Å². The Hall–Kier alpha value is -3.41. The first-order valence-corrected chi connectivity index (χ1v) is 12.3. The number of rotatable bonds is 9. The SMILES string of the molecule is COc1ccc(S(=O)(=O)NCC(=O)Nc2ccc(S(=O)(=O)Nc3ccccc3)cc2)cc1. The normalized spacial score (nSPS) is 11.5. The lowest BCUT2D eigenvalue weighted by Crippen LogP contribution is -2.32. The molecule has 0 aliphatic heterocycles. The summed E-state index contributed by atoms with van der Waals surface area (Å²) in [6.45, 7) is -0.496. The second kappa shape index (κ2) is 9.81. The Balaban J connectivity index is 1.58. The molecule has 9 nitrogen and oxygen atoms in total. The Bertz CT molecular complexity index is 1280. The van der Waals surface area contributed by atoms with E-state index in [4.69, 9.17) is 4.74 Å². The van der Waals surface area contributed by atoms with Crippen LogP contribution in [0.15, 0.2) is 88.7 Å². The lowest BCUT2D eigenvalue weighted by atomic mass is 10.3. The Morgan fingerprint density at radius 2 is 1.31 bits per heavy atom. The van der Waals surface area contributed by atoms with E-state index in [1.54, 1.807) is 30.3 Å². The highest BCUT2D eigenvalue weighted by Crippen LogP contribution is 2.18. The zero-order valence-corrected chi connectivity index (χ0v) is 18.6. The summed E-state index contributed by atoms with van der Waals surface area (Å²) in [7, 11) is -6.20. The minimum Gasteiger partial charge on any atom is -0.497 e. The molecule has 0 saturated heterocycles. The number of methoxy groups -OCH3 is 1. The number of ether oxygens (including phenoxy) is 1. The van der Waals surface area contributed by atoms with Crippen LogP contribution in [0.4, 0.5) is 11.4 Å². The van der Waals surface area contributed by atoms with E-state index in [0.717, 1.165) is 0 Å². The van der Waals surface area contributed by atoms with Gasteiger partial charge in [0.05, 0.1) is 23.4 Å². The van der Waals surface area contributed by atoms with Gasteiger partial charge in [0.1, 0.15) is 5.75 Å². The maximum absolute atomic E-state index is 12.4. The van der Waals surface area contributed by atoms with Gasteiger partial charge in [0.15, 0.2) is 0 Å². The van der Waals surface area contributed by atoms with E-state index < -0.39 is 32.5 Å². The van der Waals surface area contributed by atoms with Crippen molar-refractivity contribution >= 4 is 37.3 Å². The van der Waals surface area contributed by atoms with E-state index in [2.05, 4.69) is 14.8 Å². The van der Waals surface area contributed by atoms with Gasteiger partial charge in [-0.05, 0) is 60.7 Å². The summed E-state index contributed by atoms with van der Waals surface area (Å²) >= 11 is 0. The number of nitrogens with one attached hydrogen (secondary N) is 3. The molecule has 0 saturated carbocycles. The van der Waals surface area contributed by atoms with Gasteiger partial charge >= 0.3 is 0 Å². The van der Waals surface area contributed by atoms with E-state index in [0.29, 0.717) is 17.1 Å². The third-order valence-corrected chi connectivity index (χ3v) is 7.08. The molecule has 3 aromatic carbocycles. The predicted molar refractivity (Wildman–Crippen MR) is 121 cm³/mol. The number of para-hydroxylation sites is 1. The highest BCUT2D eigenvalue weighted by molar-refractivity contribution is 7.92. The molecule has 0 spiro atoms. The molecule has 0 fully saturated rings. The van der Waals surface area contributed by atoms with Crippen molar-refractivity contribution in [3.05, 3.63) is 78.9 Å². The van der Waals surface area contributed by atoms with Gasteiger partial charge in [0.25, 0.3) is 10.0 Å². The second-order valence-electron chi connectivity index (χ2n) is 6.54. The standard InChI is InChI=1S/C21H21N3O6S2/c1-30-18-9-13-19(14-10-18)31(26,27)22-15-21(25)23-16-7-11-20(12-8-16)32(28,29)24-17-5-3-2-4-6-17/h2-14,22,24H,15H2,1H3,(H,23,25). The van der Waals surface area contributed by atoms with Crippen LogP contribution in [0.3, 0.4) is 0 Å².